The van der Waals surface area contributed by atoms with Gasteiger partial charge >= 0.3 is 6.18 Å². The van der Waals surface area contributed by atoms with Crippen molar-refractivity contribution in [3.05, 3.63) is 53.1 Å². The molecule has 0 aliphatic rings. The summed E-state index contributed by atoms with van der Waals surface area (Å²) in [5.74, 6) is -0.757. The summed E-state index contributed by atoms with van der Waals surface area (Å²) >= 11 is 0. The predicted molar refractivity (Wildman–Crippen MR) is 101 cm³/mol. The maximum atomic E-state index is 12.3. The Kier molecular flexibility index (Phi) is 7.08. The smallest absolute Gasteiger partial charge is 0.422 e. The molecule has 0 aliphatic carbocycles. The molecule has 0 saturated carbocycles. The largest absolute Gasteiger partial charge is 0.493 e. The summed E-state index contributed by atoms with van der Waals surface area (Å²) in [7, 11) is 1.32. The molecule has 0 saturated heterocycles. The number of hydrogen-bond acceptors (Lipinski definition) is 4. The van der Waals surface area contributed by atoms with Gasteiger partial charge in [-0.05, 0) is 48.7 Å². The number of hydrogen-bond donors (Lipinski definition) is 2. The lowest BCUT2D eigenvalue weighted by molar-refractivity contribution is -0.153. The van der Waals surface area contributed by atoms with Crippen molar-refractivity contribution in [3.63, 3.8) is 0 Å². The zero-order valence-corrected chi connectivity index (χ0v) is 15.9. The molecule has 0 unspecified atom stereocenters. The number of aryl methyl sites for hydroxylation is 2. The maximum Gasteiger partial charge on any atom is 0.422 e. The highest BCUT2D eigenvalue weighted by atomic mass is 19.4. The highest BCUT2D eigenvalue weighted by Crippen LogP contribution is 2.30. The summed E-state index contributed by atoms with van der Waals surface area (Å²) in [6.45, 7) is 0.316. The first-order valence-corrected chi connectivity index (χ1v) is 8.66. The molecule has 3 N–H and O–H groups in total. The van der Waals surface area contributed by atoms with Crippen LogP contribution < -0.4 is 20.5 Å². The summed E-state index contributed by atoms with van der Waals surface area (Å²) in [4.78, 5) is 23.6. The Morgan fingerprint density at radius 2 is 1.83 bits per heavy atom. The molecule has 0 spiro atoms. The van der Waals surface area contributed by atoms with Crippen molar-refractivity contribution in [1.82, 2.24) is 0 Å². The number of nitrogens with one attached hydrogen (secondary N) is 1. The zero-order valence-electron chi connectivity index (χ0n) is 15.9. The number of anilines is 1. The molecule has 0 atom stereocenters. The van der Waals surface area contributed by atoms with Crippen LogP contribution in [0, 0.1) is 6.92 Å². The fourth-order valence-corrected chi connectivity index (χ4v) is 2.59. The molecular formula is C20H21F3N2O4. The number of amides is 2. The minimum absolute atomic E-state index is 0.0309. The third-order valence-corrected chi connectivity index (χ3v) is 4.05. The minimum Gasteiger partial charge on any atom is -0.493 e. The number of alkyl halides is 3. The molecule has 29 heavy (non-hydrogen) atoms. The Morgan fingerprint density at radius 1 is 1.10 bits per heavy atom. The zero-order chi connectivity index (χ0) is 21.6. The number of nitrogens with two attached hydrogens (primary N) is 1. The van der Waals surface area contributed by atoms with Crippen LogP contribution in [-0.4, -0.2) is 31.7 Å². The van der Waals surface area contributed by atoms with Gasteiger partial charge in [0.1, 0.15) is 0 Å². The first kappa shape index (κ1) is 22.1. The van der Waals surface area contributed by atoms with Crippen LogP contribution in [-0.2, 0) is 11.2 Å². The molecule has 6 nitrogen and oxygen atoms in total. The van der Waals surface area contributed by atoms with Crippen LogP contribution in [0.25, 0.3) is 0 Å². The molecular weight excluding hydrogens is 389 g/mol. The van der Waals surface area contributed by atoms with Crippen LogP contribution >= 0.6 is 0 Å². The van der Waals surface area contributed by atoms with Gasteiger partial charge in [0.05, 0.1) is 7.11 Å². The topological polar surface area (TPSA) is 90.6 Å². The van der Waals surface area contributed by atoms with Gasteiger partial charge < -0.3 is 20.5 Å². The van der Waals surface area contributed by atoms with E-state index >= 15 is 0 Å². The molecule has 156 valence electrons. The highest BCUT2D eigenvalue weighted by molar-refractivity contribution is 5.97. The van der Waals surface area contributed by atoms with E-state index in [0.717, 1.165) is 0 Å². The van der Waals surface area contributed by atoms with E-state index in [4.69, 9.17) is 15.2 Å². The summed E-state index contributed by atoms with van der Waals surface area (Å²) < 4.78 is 46.7. The van der Waals surface area contributed by atoms with Gasteiger partial charge in [0.15, 0.2) is 18.1 Å². The second-order valence-corrected chi connectivity index (χ2v) is 6.33. The molecule has 0 aliphatic heterocycles. The highest BCUT2D eigenvalue weighted by Gasteiger charge is 2.29. The quantitative estimate of drug-likeness (QED) is 0.696. The average Bonchev–Trinajstić information content (AvgIpc) is 2.65. The van der Waals surface area contributed by atoms with E-state index in [1.807, 2.05) is 0 Å². The first-order valence-electron chi connectivity index (χ1n) is 8.66. The SMILES string of the molecule is COc1cc(CCC(=O)Nc2ccc(C)c(C(N)=O)c2)ccc1OCC(F)(F)F. The van der Waals surface area contributed by atoms with Gasteiger partial charge in [0.25, 0.3) is 0 Å². The Labute approximate surface area is 165 Å². The minimum atomic E-state index is -4.45. The maximum absolute atomic E-state index is 12.3. The summed E-state index contributed by atoms with van der Waals surface area (Å²) in [6.07, 6.45) is -4.01. The van der Waals surface area contributed by atoms with Gasteiger partial charge in [-0.25, -0.2) is 0 Å². The number of benzene rings is 2. The molecule has 0 radical (unpaired) electrons. The Balaban J connectivity index is 1.98. The number of halogens is 3. The van der Waals surface area contributed by atoms with Crippen LogP contribution in [0.2, 0.25) is 0 Å². The van der Waals surface area contributed by atoms with E-state index in [1.165, 1.54) is 25.3 Å². The summed E-state index contributed by atoms with van der Waals surface area (Å²) in [5, 5.41) is 2.68. The van der Waals surface area contributed by atoms with Crippen molar-refractivity contribution < 1.29 is 32.2 Å². The van der Waals surface area contributed by atoms with Crippen LogP contribution in [0.5, 0.6) is 11.5 Å². The summed E-state index contributed by atoms with van der Waals surface area (Å²) in [6, 6.07) is 9.31. The van der Waals surface area contributed by atoms with Crippen molar-refractivity contribution in [2.75, 3.05) is 19.0 Å². The van der Waals surface area contributed by atoms with E-state index in [2.05, 4.69) is 5.32 Å². The molecule has 2 amide bonds. The number of primary amides is 1. The molecule has 0 aromatic heterocycles. The van der Waals surface area contributed by atoms with Crippen LogP contribution in [0.1, 0.15) is 27.9 Å². The van der Waals surface area contributed by atoms with Crippen LogP contribution in [0.15, 0.2) is 36.4 Å². The standard InChI is InChI=1S/C20H21F3N2O4/c1-12-3-6-14(10-15(12)19(24)27)25-18(26)8-5-13-4-7-16(17(9-13)28-2)29-11-20(21,22)23/h3-4,6-7,9-10H,5,8,11H2,1-2H3,(H2,24,27)(H,25,26). The molecule has 2 rings (SSSR count). The first-order chi connectivity index (χ1) is 13.6. The van der Waals surface area contributed by atoms with Crippen molar-refractivity contribution in [3.8, 4) is 11.5 Å². The molecule has 0 fully saturated rings. The lowest BCUT2D eigenvalue weighted by Gasteiger charge is -2.13. The molecule has 2 aromatic rings. The van der Waals surface area contributed by atoms with Gasteiger partial charge in [-0.1, -0.05) is 12.1 Å². The van der Waals surface area contributed by atoms with Crippen LogP contribution in [0.3, 0.4) is 0 Å². The molecule has 0 bridgehead atoms. The third-order valence-electron chi connectivity index (χ3n) is 4.05. The Hall–Kier alpha value is -3.23. The lowest BCUT2D eigenvalue weighted by atomic mass is 10.1. The monoisotopic (exact) mass is 410 g/mol. The molecule has 0 heterocycles. The van der Waals surface area contributed by atoms with Gasteiger partial charge in [-0.2, -0.15) is 13.2 Å². The number of carbonyl (C=O) groups is 2. The van der Waals surface area contributed by atoms with Gasteiger partial charge in [-0.15, -0.1) is 0 Å². The van der Waals surface area contributed by atoms with Gasteiger partial charge in [-0.3, -0.25) is 9.59 Å². The Morgan fingerprint density at radius 3 is 2.45 bits per heavy atom. The van der Waals surface area contributed by atoms with Crippen LogP contribution in [0.4, 0.5) is 18.9 Å². The lowest BCUT2D eigenvalue weighted by Crippen LogP contribution is -2.19. The fourth-order valence-electron chi connectivity index (χ4n) is 2.59. The number of carbonyl (C=O) groups excluding carboxylic acids is 2. The van der Waals surface area contributed by atoms with E-state index in [9.17, 15) is 22.8 Å². The van der Waals surface area contributed by atoms with Crippen molar-refractivity contribution in [2.24, 2.45) is 5.73 Å². The molecule has 2 aromatic carbocycles. The van der Waals surface area contributed by atoms with Gasteiger partial charge in [0.2, 0.25) is 11.8 Å². The van der Waals surface area contributed by atoms with E-state index < -0.39 is 18.7 Å². The fraction of sp³-hybridized carbons (Fsp3) is 0.300. The predicted octanol–water partition coefficient (Wildman–Crippen LogP) is 3.61. The van der Waals surface area contributed by atoms with E-state index in [1.54, 1.807) is 25.1 Å². The summed E-state index contributed by atoms with van der Waals surface area (Å²) in [5.41, 5.74) is 7.46. The number of ether oxygens (including phenoxy) is 2. The molecule has 9 heteroatoms. The average molecular weight is 410 g/mol. The third kappa shape index (κ3) is 6.70. The van der Waals surface area contributed by atoms with Crippen molar-refractivity contribution in [1.29, 1.82) is 0 Å². The number of methoxy groups -OCH3 is 1. The number of rotatable bonds is 8. The van der Waals surface area contributed by atoms with E-state index in [-0.39, 0.29) is 23.8 Å². The Bertz CT molecular complexity index is 898. The normalized spacial score (nSPS) is 11.1. The van der Waals surface area contributed by atoms with Crippen molar-refractivity contribution in [2.45, 2.75) is 25.9 Å². The second-order valence-electron chi connectivity index (χ2n) is 6.33. The second kappa shape index (κ2) is 9.31. The van der Waals surface area contributed by atoms with Crippen molar-refractivity contribution >= 4 is 17.5 Å². The van der Waals surface area contributed by atoms with E-state index in [0.29, 0.717) is 28.8 Å². The van der Waals surface area contributed by atoms with Gasteiger partial charge in [0, 0.05) is 17.7 Å².